The Morgan fingerprint density at radius 2 is 2.09 bits per heavy atom. The van der Waals surface area contributed by atoms with Crippen LogP contribution < -0.4 is 5.32 Å². The van der Waals surface area contributed by atoms with Crippen molar-refractivity contribution in [2.24, 2.45) is 0 Å². The molecule has 0 aliphatic carbocycles. The Balaban J connectivity index is 1.54. The molecular formula is C25H32ClN5O. The zero-order valence-electron chi connectivity index (χ0n) is 18.9. The molecule has 170 valence electrons. The smallest absolute Gasteiger partial charge is 0.145 e. The Morgan fingerprint density at radius 3 is 2.91 bits per heavy atom. The lowest BCUT2D eigenvalue weighted by Gasteiger charge is -2.34. The minimum absolute atomic E-state index is 0.247. The van der Waals surface area contributed by atoms with Crippen molar-refractivity contribution in [3.63, 3.8) is 0 Å². The number of aromatic nitrogens is 3. The number of nitrogens with one attached hydrogen (secondary N) is 1. The fraction of sp³-hybridized carbons (Fsp3) is 0.480. The lowest BCUT2D eigenvalue weighted by molar-refractivity contribution is 0.0787. The van der Waals surface area contributed by atoms with Crippen LogP contribution in [0.15, 0.2) is 42.6 Å². The average molecular weight is 454 g/mol. The quantitative estimate of drug-likeness (QED) is 0.423. The van der Waals surface area contributed by atoms with Crippen molar-refractivity contribution in [2.75, 3.05) is 25.0 Å². The molecule has 1 aliphatic rings. The third-order valence-electron chi connectivity index (χ3n) is 5.76. The van der Waals surface area contributed by atoms with Gasteiger partial charge in [-0.05, 0) is 70.0 Å². The molecular weight excluding hydrogens is 422 g/mol. The molecule has 6 nitrogen and oxygen atoms in total. The van der Waals surface area contributed by atoms with E-state index in [-0.39, 0.29) is 6.10 Å². The Bertz CT molecular complexity index is 1010. The standard InChI is InChI=1S/C25H32ClN5O/c1-18(2)32-15-7-13-28-25-20-16-19(26)10-11-21(20)29-24(30-25)17-31-14-6-4-9-23(31)22-8-3-5-12-27-22/h3,5,8,10-12,16,18,23H,4,6-7,9,13-15,17H2,1-2H3,(H,28,29,30)/t23-/m1/s1. The highest BCUT2D eigenvalue weighted by Crippen LogP contribution is 2.31. The highest BCUT2D eigenvalue weighted by Gasteiger charge is 2.26. The molecule has 3 heterocycles. The molecule has 1 aromatic carbocycles. The zero-order chi connectivity index (χ0) is 22.3. The van der Waals surface area contributed by atoms with Crippen molar-refractivity contribution >= 4 is 28.3 Å². The highest BCUT2D eigenvalue weighted by molar-refractivity contribution is 6.31. The molecule has 3 aromatic rings. The van der Waals surface area contributed by atoms with Gasteiger partial charge in [-0.3, -0.25) is 9.88 Å². The molecule has 7 heteroatoms. The van der Waals surface area contributed by atoms with Gasteiger partial charge in [0, 0.05) is 29.8 Å². The summed E-state index contributed by atoms with van der Waals surface area (Å²) in [5, 5.41) is 5.12. The summed E-state index contributed by atoms with van der Waals surface area (Å²) < 4.78 is 5.66. The number of hydrogen-bond acceptors (Lipinski definition) is 6. The number of rotatable bonds is 9. The number of benzene rings is 1. The predicted octanol–water partition coefficient (Wildman–Crippen LogP) is 5.63. The number of halogens is 1. The second-order valence-electron chi connectivity index (χ2n) is 8.59. The average Bonchev–Trinajstić information content (AvgIpc) is 2.80. The fourth-order valence-corrected chi connectivity index (χ4v) is 4.39. The van der Waals surface area contributed by atoms with Crippen molar-refractivity contribution in [3.05, 3.63) is 59.1 Å². The molecule has 0 radical (unpaired) electrons. The molecule has 4 rings (SSSR count). The summed E-state index contributed by atoms with van der Waals surface area (Å²) in [5.74, 6) is 1.66. The van der Waals surface area contributed by atoms with Crippen LogP contribution in [0.2, 0.25) is 5.02 Å². The van der Waals surface area contributed by atoms with E-state index in [0.29, 0.717) is 17.6 Å². The molecule has 0 bridgehead atoms. The minimum atomic E-state index is 0.247. The van der Waals surface area contributed by atoms with Gasteiger partial charge in [0.25, 0.3) is 0 Å². The molecule has 0 amide bonds. The van der Waals surface area contributed by atoms with Gasteiger partial charge in [-0.15, -0.1) is 0 Å². The van der Waals surface area contributed by atoms with E-state index in [1.54, 1.807) is 0 Å². The van der Waals surface area contributed by atoms with Crippen LogP contribution in [0.3, 0.4) is 0 Å². The van der Waals surface area contributed by atoms with Gasteiger partial charge < -0.3 is 10.1 Å². The molecule has 0 spiro atoms. The Labute approximate surface area is 195 Å². The molecule has 0 saturated carbocycles. The number of piperidine rings is 1. The van der Waals surface area contributed by atoms with Crippen LogP contribution in [0.4, 0.5) is 5.82 Å². The summed E-state index contributed by atoms with van der Waals surface area (Å²) in [6.45, 7) is 7.34. The number of nitrogens with zero attached hydrogens (tertiary/aromatic N) is 4. The number of pyridine rings is 1. The van der Waals surface area contributed by atoms with E-state index in [1.165, 1.54) is 12.8 Å². The first-order chi connectivity index (χ1) is 15.6. The minimum Gasteiger partial charge on any atom is -0.379 e. The topological polar surface area (TPSA) is 63.2 Å². The summed E-state index contributed by atoms with van der Waals surface area (Å²) in [7, 11) is 0. The maximum absolute atomic E-state index is 6.27. The normalized spacial score (nSPS) is 17.2. The number of hydrogen-bond donors (Lipinski definition) is 1. The summed E-state index contributed by atoms with van der Waals surface area (Å²) in [6, 6.07) is 12.3. The SMILES string of the molecule is CC(C)OCCCNc1nc(CN2CCCC[C@@H]2c2ccccn2)nc2ccc(Cl)cc12. The van der Waals surface area contributed by atoms with E-state index < -0.39 is 0 Å². The highest BCUT2D eigenvalue weighted by atomic mass is 35.5. The van der Waals surface area contributed by atoms with Gasteiger partial charge in [0.05, 0.1) is 29.9 Å². The summed E-state index contributed by atoms with van der Waals surface area (Å²) in [4.78, 5) is 16.9. The monoisotopic (exact) mass is 453 g/mol. The molecule has 1 N–H and O–H groups in total. The van der Waals surface area contributed by atoms with E-state index in [4.69, 9.17) is 26.3 Å². The third kappa shape index (κ3) is 5.94. The Morgan fingerprint density at radius 1 is 1.19 bits per heavy atom. The molecule has 32 heavy (non-hydrogen) atoms. The van der Waals surface area contributed by atoms with Gasteiger partial charge in [0.15, 0.2) is 0 Å². The lowest BCUT2D eigenvalue weighted by Crippen LogP contribution is -2.34. The first-order valence-electron chi connectivity index (χ1n) is 11.6. The van der Waals surface area contributed by atoms with Crippen LogP contribution in [0.5, 0.6) is 0 Å². The Kier molecular flexibility index (Phi) is 7.90. The van der Waals surface area contributed by atoms with Crippen molar-refractivity contribution < 1.29 is 4.74 Å². The zero-order valence-corrected chi connectivity index (χ0v) is 19.7. The second-order valence-corrected chi connectivity index (χ2v) is 9.02. The van der Waals surface area contributed by atoms with Crippen LogP contribution in [0.1, 0.15) is 57.1 Å². The molecule has 0 unspecified atom stereocenters. The predicted molar refractivity (Wildman–Crippen MR) is 130 cm³/mol. The van der Waals surface area contributed by atoms with Crippen LogP contribution in [0, 0.1) is 0 Å². The first-order valence-corrected chi connectivity index (χ1v) is 11.9. The van der Waals surface area contributed by atoms with E-state index in [2.05, 4.69) is 41.2 Å². The molecule has 2 aromatic heterocycles. The maximum Gasteiger partial charge on any atom is 0.145 e. The first kappa shape index (κ1) is 22.9. The number of likely N-dealkylation sites (tertiary alicyclic amines) is 1. The van der Waals surface area contributed by atoms with E-state index in [1.807, 2.05) is 30.5 Å². The van der Waals surface area contributed by atoms with E-state index >= 15 is 0 Å². The van der Waals surface area contributed by atoms with Gasteiger partial charge in [-0.1, -0.05) is 24.1 Å². The molecule has 1 saturated heterocycles. The van der Waals surface area contributed by atoms with Crippen molar-refractivity contribution in [1.82, 2.24) is 19.9 Å². The third-order valence-corrected chi connectivity index (χ3v) is 5.99. The summed E-state index contributed by atoms with van der Waals surface area (Å²) in [6.07, 6.45) is 6.56. The fourth-order valence-electron chi connectivity index (χ4n) is 4.22. The molecule has 1 aliphatic heterocycles. The van der Waals surface area contributed by atoms with Crippen molar-refractivity contribution in [1.29, 1.82) is 0 Å². The van der Waals surface area contributed by atoms with Crippen molar-refractivity contribution in [3.8, 4) is 0 Å². The molecule has 1 fully saturated rings. The number of anilines is 1. The van der Waals surface area contributed by atoms with Crippen LogP contribution in [0.25, 0.3) is 10.9 Å². The number of ether oxygens (including phenoxy) is 1. The van der Waals surface area contributed by atoms with Gasteiger partial charge in [0.2, 0.25) is 0 Å². The largest absolute Gasteiger partial charge is 0.379 e. The second kappa shape index (κ2) is 11.0. The molecule has 1 atom stereocenters. The van der Waals surface area contributed by atoms with E-state index in [9.17, 15) is 0 Å². The number of fused-ring (bicyclic) bond motifs is 1. The maximum atomic E-state index is 6.27. The van der Waals surface area contributed by atoms with Crippen LogP contribution in [-0.2, 0) is 11.3 Å². The van der Waals surface area contributed by atoms with Crippen LogP contribution >= 0.6 is 11.6 Å². The van der Waals surface area contributed by atoms with Gasteiger partial charge in [-0.2, -0.15) is 0 Å². The van der Waals surface area contributed by atoms with Gasteiger partial charge in [-0.25, -0.2) is 9.97 Å². The van der Waals surface area contributed by atoms with E-state index in [0.717, 1.165) is 60.8 Å². The van der Waals surface area contributed by atoms with Gasteiger partial charge in [0.1, 0.15) is 11.6 Å². The van der Waals surface area contributed by atoms with Crippen molar-refractivity contribution in [2.45, 2.75) is 58.2 Å². The summed E-state index contributed by atoms with van der Waals surface area (Å²) in [5.41, 5.74) is 2.04. The van der Waals surface area contributed by atoms with Crippen LogP contribution in [-0.4, -0.2) is 45.7 Å². The lowest BCUT2D eigenvalue weighted by atomic mass is 9.99. The summed E-state index contributed by atoms with van der Waals surface area (Å²) >= 11 is 6.27. The Hall–Kier alpha value is -2.28. The van der Waals surface area contributed by atoms with Gasteiger partial charge >= 0.3 is 0 Å².